The Morgan fingerprint density at radius 1 is 1.35 bits per heavy atom. The van der Waals surface area contributed by atoms with Crippen LogP contribution >= 0.6 is 0 Å². The molecule has 0 saturated carbocycles. The first-order valence-electron chi connectivity index (χ1n) is 4.51. The Hall–Kier alpha value is -2.18. The number of phenols is 1. The van der Waals surface area contributed by atoms with E-state index in [2.05, 4.69) is 4.74 Å². The maximum absolute atomic E-state index is 12.9. The molecule has 0 fully saturated rings. The lowest BCUT2D eigenvalue weighted by molar-refractivity contribution is -0.125. The van der Waals surface area contributed by atoms with Gasteiger partial charge in [-0.15, -0.1) is 0 Å². The Balaban J connectivity index is 2.94. The van der Waals surface area contributed by atoms with Crippen LogP contribution in [-0.2, 0) is 9.53 Å². The number of ether oxygens (including phenoxy) is 1. The molecular formula is C10H9F2NO4. The summed E-state index contributed by atoms with van der Waals surface area (Å²) in [5.41, 5.74) is 4.38. The van der Waals surface area contributed by atoms with Gasteiger partial charge in [-0.05, 0) is 19.1 Å². The summed E-state index contributed by atoms with van der Waals surface area (Å²) in [5.74, 6) is -5.80. The highest BCUT2D eigenvalue weighted by molar-refractivity contribution is 5.92. The summed E-state index contributed by atoms with van der Waals surface area (Å²) in [5, 5.41) is 8.81. The minimum Gasteiger partial charge on any atom is -0.503 e. The monoisotopic (exact) mass is 245 g/mol. The quantitative estimate of drug-likeness (QED) is 0.767. The Kier molecular flexibility index (Phi) is 3.62. The van der Waals surface area contributed by atoms with E-state index in [0.29, 0.717) is 12.1 Å². The van der Waals surface area contributed by atoms with Crippen molar-refractivity contribution in [2.24, 2.45) is 5.73 Å². The van der Waals surface area contributed by atoms with Crippen LogP contribution in [0.4, 0.5) is 8.78 Å². The van der Waals surface area contributed by atoms with Gasteiger partial charge in [0.25, 0.3) is 5.91 Å². The van der Waals surface area contributed by atoms with Crippen molar-refractivity contribution in [2.45, 2.75) is 13.0 Å². The summed E-state index contributed by atoms with van der Waals surface area (Å²) < 4.78 is 30.3. The van der Waals surface area contributed by atoms with Crippen molar-refractivity contribution >= 4 is 11.9 Å². The molecule has 1 rings (SSSR count). The SMILES string of the molecule is CC(OC(=O)c1cc(F)c(O)c(F)c1)C(N)=O. The zero-order valence-corrected chi connectivity index (χ0v) is 8.74. The molecule has 0 heterocycles. The molecule has 17 heavy (non-hydrogen) atoms. The van der Waals surface area contributed by atoms with Gasteiger partial charge in [0.05, 0.1) is 5.56 Å². The molecule has 7 heteroatoms. The smallest absolute Gasteiger partial charge is 0.339 e. The lowest BCUT2D eigenvalue weighted by Gasteiger charge is -2.09. The summed E-state index contributed by atoms with van der Waals surface area (Å²) in [6, 6.07) is 1.18. The standard InChI is InChI=1S/C10H9F2NO4/c1-4(9(13)15)17-10(16)5-2-6(11)8(14)7(12)3-5/h2-4,14H,1H3,(H2,13,15). The number of hydrogen-bond donors (Lipinski definition) is 2. The van der Waals surface area contributed by atoms with Crippen LogP contribution in [0.1, 0.15) is 17.3 Å². The third-order valence-electron chi connectivity index (χ3n) is 1.94. The van der Waals surface area contributed by atoms with Crippen LogP contribution in [-0.4, -0.2) is 23.1 Å². The molecule has 0 spiro atoms. The van der Waals surface area contributed by atoms with Gasteiger partial charge in [-0.25, -0.2) is 13.6 Å². The van der Waals surface area contributed by atoms with E-state index in [4.69, 9.17) is 10.8 Å². The lowest BCUT2D eigenvalue weighted by Crippen LogP contribution is -2.30. The number of esters is 1. The predicted molar refractivity (Wildman–Crippen MR) is 52.1 cm³/mol. The largest absolute Gasteiger partial charge is 0.503 e. The van der Waals surface area contributed by atoms with E-state index in [9.17, 15) is 18.4 Å². The van der Waals surface area contributed by atoms with Crippen molar-refractivity contribution in [3.63, 3.8) is 0 Å². The molecule has 3 N–H and O–H groups in total. The first-order valence-corrected chi connectivity index (χ1v) is 4.51. The van der Waals surface area contributed by atoms with Gasteiger partial charge in [-0.3, -0.25) is 4.79 Å². The van der Waals surface area contributed by atoms with E-state index in [-0.39, 0.29) is 0 Å². The first kappa shape index (κ1) is 12.9. The minimum absolute atomic E-state index is 0.467. The van der Waals surface area contributed by atoms with E-state index in [1.165, 1.54) is 6.92 Å². The number of primary amides is 1. The molecule has 0 aliphatic heterocycles. The average Bonchev–Trinajstić information content (AvgIpc) is 2.24. The van der Waals surface area contributed by atoms with Crippen molar-refractivity contribution < 1.29 is 28.2 Å². The zero-order chi connectivity index (χ0) is 13.2. The van der Waals surface area contributed by atoms with Gasteiger partial charge in [0.1, 0.15) is 0 Å². The van der Waals surface area contributed by atoms with Gasteiger partial charge < -0.3 is 15.6 Å². The molecule has 1 amide bonds. The van der Waals surface area contributed by atoms with Crippen LogP contribution in [0.25, 0.3) is 0 Å². The molecule has 1 atom stereocenters. The normalized spacial score (nSPS) is 11.9. The molecule has 0 aliphatic carbocycles. The molecule has 0 bridgehead atoms. The molecule has 1 unspecified atom stereocenters. The maximum atomic E-state index is 12.9. The topological polar surface area (TPSA) is 89.6 Å². The van der Waals surface area contributed by atoms with E-state index >= 15 is 0 Å². The second kappa shape index (κ2) is 4.77. The molecule has 0 aliphatic rings. The number of benzene rings is 1. The van der Waals surface area contributed by atoms with Gasteiger partial charge in [-0.1, -0.05) is 0 Å². The minimum atomic E-state index is -1.30. The number of nitrogens with two attached hydrogens (primary N) is 1. The molecule has 1 aromatic carbocycles. The van der Waals surface area contributed by atoms with Crippen molar-refractivity contribution in [3.8, 4) is 5.75 Å². The Morgan fingerprint density at radius 2 is 1.82 bits per heavy atom. The van der Waals surface area contributed by atoms with Crippen molar-refractivity contribution in [3.05, 3.63) is 29.3 Å². The van der Waals surface area contributed by atoms with Crippen LogP contribution in [0.3, 0.4) is 0 Å². The number of aromatic hydroxyl groups is 1. The van der Waals surface area contributed by atoms with E-state index < -0.39 is 40.9 Å². The molecule has 1 aromatic rings. The van der Waals surface area contributed by atoms with E-state index in [1.807, 2.05) is 0 Å². The second-order valence-corrected chi connectivity index (χ2v) is 3.24. The molecule has 0 aromatic heterocycles. The van der Waals surface area contributed by atoms with Gasteiger partial charge in [0.2, 0.25) is 0 Å². The van der Waals surface area contributed by atoms with Crippen LogP contribution in [0, 0.1) is 11.6 Å². The number of halogens is 2. The number of amides is 1. The summed E-state index contributed by atoms with van der Waals surface area (Å²) in [4.78, 5) is 21.9. The fourth-order valence-electron chi connectivity index (χ4n) is 0.970. The fraction of sp³-hybridized carbons (Fsp3) is 0.200. The van der Waals surface area contributed by atoms with Crippen molar-refractivity contribution in [1.82, 2.24) is 0 Å². The van der Waals surface area contributed by atoms with Crippen LogP contribution in [0.2, 0.25) is 0 Å². The summed E-state index contributed by atoms with van der Waals surface area (Å²) >= 11 is 0. The van der Waals surface area contributed by atoms with Gasteiger partial charge in [-0.2, -0.15) is 0 Å². The number of carbonyl (C=O) groups excluding carboxylic acids is 2. The Morgan fingerprint density at radius 3 is 2.24 bits per heavy atom. The zero-order valence-electron chi connectivity index (χ0n) is 8.74. The fourth-order valence-corrected chi connectivity index (χ4v) is 0.970. The molecule has 0 radical (unpaired) electrons. The predicted octanol–water partition coefficient (Wildman–Crippen LogP) is 0.701. The number of phenolic OH excluding ortho intramolecular Hbond substituents is 1. The maximum Gasteiger partial charge on any atom is 0.339 e. The number of hydrogen-bond acceptors (Lipinski definition) is 4. The van der Waals surface area contributed by atoms with Crippen molar-refractivity contribution in [2.75, 3.05) is 0 Å². The van der Waals surface area contributed by atoms with Gasteiger partial charge in [0.15, 0.2) is 23.5 Å². The molecule has 92 valence electrons. The molecule has 5 nitrogen and oxygen atoms in total. The highest BCUT2D eigenvalue weighted by Gasteiger charge is 2.19. The summed E-state index contributed by atoms with van der Waals surface area (Å²) in [6.45, 7) is 1.22. The third-order valence-corrected chi connectivity index (χ3v) is 1.94. The van der Waals surface area contributed by atoms with Gasteiger partial charge >= 0.3 is 5.97 Å². The number of carbonyl (C=O) groups is 2. The lowest BCUT2D eigenvalue weighted by atomic mass is 10.2. The van der Waals surface area contributed by atoms with E-state index in [1.54, 1.807) is 0 Å². The van der Waals surface area contributed by atoms with E-state index in [0.717, 1.165) is 0 Å². The Bertz CT molecular complexity index is 452. The van der Waals surface area contributed by atoms with Crippen molar-refractivity contribution in [1.29, 1.82) is 0 Å². The molecular weight excluding hydrogens is 236 g/mol. The summed E-state index contributed by atoms with van der Waals surface area (Å²) in [6.07, 6.45) is -1.22. The first-order chi connectivity index (χ1) is 7.82. The second-order valence-electron chi connectivity index (χ2n) is 3.24. The molecule has 0 saturated heterocycles. The summed E-state index contributed by atoms with van der Waals surface area (Å²) in [7, 11) is 0. The Labute approximate surface area is 94.8 Å². The van der Waals surface area contributed by atoms with Gasteiger partial charge in [0, 0.05) is 0 Å². The highest BCUT2D eigenvalue weighted by atomic mass is 19.1. The van der Waals surface area contributed by atoms with Crippen LogP contribution in [0.5, 0.6) is 5.75 Å². The average molecular weight is 245 g/mol. The highest BCUT2D eigenvalue weighted by Crippen LogP contribution is 2.21. The van der Waals surface area contributed by atoms with Crippen LogP contribution < -0.4 is 5.73 Å². The number of rotatable bonds is 3. The van der Waals surface area contributed by atoms with Crippen LogP contribution in [0.15, 0.2) is 12.1 Å². The third kappa shape index (κ3) is 2.90.